The van der Waals surface area contributed by atoms with Crippen LogP contribution in [0.5, 0.6) is 5.75 Å². The van der Waals surface area contributed by atoms with Gasteiger partial charge in [0.05, 0.1) is 12.2 Å². The topological polar surface area (TPSA) is 65.2 Å². The molecule has 0 aliphatic carbocycles. The average Bonchev–Trinajstić information content (AvgIpc) is 3.16. The fourth-order valence-corrected chi connectivity index (χ4v) is 3.65. The second-order valence-electron chi connectivity index (χ2n) is 7.14. The summed E-state index contributed by atoms with van der Waals surface area (Å²) in [7, 11) is 0. The molecule has 2 heterocycles. The van der Waals surface area contributed by atoms with Crippen LogP contribution in [0.4, 0.5) is 18.9 Å². The number of carbonyl (C=O) groups excluding carboxylic acids is 2. The summed E-state index contributed by atoms with van der Waals surface area (Å²) in [5, 5.41) is 4.38. The van der Waals surface area contributed by atoms with Crippen LogP contribution in [0.2, 0.25) is 0 Å². The quantitative estimate of drug-likeness (QED) is 0.537. The molecule has 2 aliphatic rings. The first-order chi connectivity index (χ1) is 14.8. The van der Waals surface area contributed by atoms with Crippen LogP contribution in [0.15, 0.2) is 53.6 Å². The fraction of sp³-hybridized carbons (Fsp3) is 0.333. The largest absolute Gasteiger partial charge is 0.502 e. The van der Waals surface area contributed by atoms with Gasteiger partial charge >= 0.3 is 18.0 Å². The van der Waals surface area contributed by atoms with Crippen molar-refractivity contribution in [2.45, 2.75) is 25.9 Å². The normalized spacial score (nSPS) is 18.8. The molecule has 4 rings (SSSR count). The molecule has 2 aromatic rings. The summed E-state index contributed by atoms with van der Waals surface area (Å²) in [5.41, 5.74) is 0.207. The Morgan fingerprint density at radius 3 is 2.48 bits per heavy atom. The third kappa shape index (κ3) is 4.10. The molecule has 31 heavy (non-hydrogen) atoms. The van der Waals surface area contributed by atoms with Crippen molar-refractivity contribution >= 4 is 17.5 Å². The minimum absolute atomic E-state index is 0.226. The molecule has 0 radical (unpaired) electrons. The van der Waals surface area contributed by atoms with E-state index in [2.05, 4.69) is 5.11 Å². The number of fused-ring (bicyclic) bond motifs is 1. The second kappa shape index (κ2) is 8.01. The van der Waals surface area contributed by atoms with Gasteiger partial charge in [-0.3, -0.25) is 9.69 Å². The summed E-state index contributed by atoms with van der Waals surface area (Å²) in [6.07, 6.45) is -5.24. The highest BCUT2D eigenvalue weighted by Gasteiger charge is 2.49. The van der Waals surface area contributed by atoms with Crippen molar-refractivity contribution < 1.29 is 32.2 Å². The lowest BCUT2D eigenvalue weighted by molar-refractivity contribution is -0.534. The van der Waals surface area contributed by atoms with Gasteiger partial charge in [0.15, 0.2) is 0 Å². The van der Waals surface area contributed by atoms with Gasteiger partial charge in [0.1, 0.15) is 5.75 Å². The Labute approximate surface area is 176 Å². The molecular weight excluding hydrogens is 413 g/mol. The number of hydrogen-bond acceptors (Lipinski definition) is 5. The summed E-state index contributed by atoms with van der Waals surface area (Å²) in [5.74, 6) is -0.872. The van der Waals surface area contributed by atoms with Crippen LogP contribution < -0.4 is 9.64 Å². The zero-order valence-electron chi connectivity index (χ0n) is 16.7. The third-order valence-corrected chi connectivity index (χ3v) is 5.13. The standard InChI is InChI=1S/C21H20F3N4O3/c1-2-31-17-8-6-16(7-9-17)26-10-11-27-18(29)19(30)28(25-20(26)27)13-14-4-3-5-15(12-14)21(22,23)24/h3-9,12,20H,2,10-11,13H2,1H3/q+1. The highest BCUT2D eigenvalue weighted by Crippen LogP contribution is 2.31. The molecule has 1 unspecified atom stereocenters. The van der Waals surface area contributed by atoms with Gasteiger partial charge in [0.25, 0.3) is 6.29 Å². The Hall–Kier alpha value is -3.43. The number of ether oxygens (including phenoxy) is 1. The van der Waals surface area contributed by atoms with Crippen LogP contribution in [0.1, 0.15) is 18.1 Å². The van der Waals surface area contributed by atoms with Crippen molar-refractivity contribution in [3.8, 4) is 5.75 Å². The number of benzene rings is 2. The number of azo groups is 2. The molecule has 1 saturated heterocycles. The summed E-state index contributed by atoms with van der Waals surface area (Å²) >= 11 is 0. The van der Waals surface area contributed by atoms with Gasteiger partial charge in [-0.1, -0.05) is 12.1 Å². The molecule has 0 bridgehead atoms. The lowest BCUT2D eigenvalue weighted by Crippen LogP contribution is -2.51. The van der Waals surface area contributed by atoms with Gasteiger partial charge in [-0.05, 0) is 48.0 Å². The number of alkyl halides is 3. The molecule has 162 valence electrons. The van der Waals surface area contributed by atoms with Gasteiger partial charge in [0, 0.05) is 29.5 Å². The minimum Gasteiger partial charge on any atom is -0.494 e. The van der Waals surface area contributed by atoms with Gasteiger partial charge < -0.3 is 9.64 Å². The monoisotopic (exact) mass is 433 g/mol. The second-order valence-corrected chi connectivity index (χ2v) is 7.14. The number of carbonyl (C=O) groups is 2. The molecule has 0 aromatic heterocycles. The van der Waals surface area contributed by atoms with E-state index >= 15 is 0 Å². The first-order valence-corrected chi connectivity index (χ1v) is 9.77. The Balaban J connectivity index is 1.61. The van der Waals surface area contributed by atoms with E-state index in [0.717, 1.165) is 22.5 Å². The Morgan fingerprint density at radius 1 is 1.10 bits per heavy atom. The molecular formula is C21H20F3N4O3+. The van der Waals surface area contributed by atoms with Crippen molar-refractivity contribution in [3.05, 3.63) is 59.7 Å². The van der Waals surface area contributed by atoms with E-state index < -0.39 is 29.8 Å². The van der Waals surface area contributed by atoms with Gasteiger partial charge in [-0.15, -0.1) is 0 Å². The zero-order valence-corrected chi connectivity index (χ0v) is 16.7. The lowest BCUT2D eigenvalue weighted by Gasteiger charge is -2.27. The molecule has 1 atom stereocenters. The molecule has 2 aliphatic heterocycles. The fourth-order valence-electron chi connectivity index (χ4n) is 3.65. The van der Waals surface area contributed by atoms with Crippen LogP contribution in [0.3, 0.4) is 0 Å². The Kier molecular flexibility index (Phi) is 5.38. The van der Waals surface area contributed by atoms with Gasteiger partial charge in [0.2, 0.25) is 6.54 Å². The van der Waals surface area contributed by atoms with E-state index in [-0.39, 0.29) is 12.1 Å². The van der Waals surface area contributed by atoms with Crippen molar-refractivity contribution in [2.24, 2.45) is 5.11 Å². The van der Waals surface area contributed by atoms with Crippen LogP contribution in [0, 0.1) is 0 Å². The van der Waals surface area contributed by atoms with Crippen molar-refractivity contribution in [2.75, 3.05) is 24.6 Å². The SMILES string of the molecule is CCOc1ccc(N2CCN3C(=O)C(=O)[N+](Cc4cccc(C(F)(F)F)c4)=NC32)cc1. The molecule has 0 spiro atoms. The van der Waals surface area contributed by atoms with E-state index in [1.807, 2.05) is 24.0 Å². The smallest absolute Gasteiger partial charge is 0.494 e. The van der Waals surface area contributed by atoms with Crippen molar-refractivity contribution in [1.29, 1.82) is 0 Å². The summed E-state index contributed by atoms with van der Waals surface area (Å²) in [4.78, 5) is 28.3. The molecule has 0 N–H and O–H groups in total. The Bertz CT molecular complexity index is 1040. The first kappa shape index (κ1) is 20.8. The van der Waals surface area contributed by atoms with Crippen LogP contribution in [0.25, 0.3) is 0 Å². The van der Waals surface area contributed by atoms with Crippen molar-refractivity contribution in [3.63, 3.8) is 0 Å². The minimum atomic E-state index is -4.50. The molecule has 1 fully saturated rings. The molecule has 7 nitrogen and oxygen atoms in total. The van der Waals surface area contributed by atoms with E-state index in [9.17, 15) is 22.8 Å². The number of rotatable bonds is 5. The van der Waals surface area contributed by atoms with E-state index in [1.165, 1.54) is 17.0 Å². The summed E-state index contributed by atoms with van der Waals surface area (Å²) in [6, 6.07) is 11.9. The summed E-state index contributed by atoms with van der Waals surface area (Å²) < 4.78 is 45.4. The highest BCUT2D eigenvalue weighted by atomic mass is 19.4. The van der Waals surface area contributed by atoms with E-state index in [0.29, 0.717) is 25.4 Å². The Morgan fingerprint density at radius 2 is 1.81 bits per heavy atom. The molecule has 0 saturated carbocycles. The molecule has 2 aromatic carbocycles. The predicted octanol–water partition coefficient (Wildman–Crippen LogP) is 3.24. The number of hydrogen-bond donors (Lipinski definition) is 0. The first-order valence-electron chi connectivity index (χ1n) is 9.77. The predicted molar refractivity (Wildman–Crippen MR) is 103 cm³/mol. The molecule has 10 heteroatoms. The van der Waals surface area contributed by atoms with Crippen molar-refractivity contribution in [1.82, 2.24) is 4.90 Å². The van der Waals surface area contributed by atoms with E-state index in [4.69, 9.17) is 4.74 Å². The third-order valence-electron chi connectivity index (χ3n) is 5.13. The number of nitrogens with zero attached hydrogens (tertiary/aromatic N) is 4. The van der Waals surface area contributed by atoms with Crippen LogP contribution >= 0.6 is 0 Å². The number of anilines is 1. The van der Waals surface area contributed by atoms with Crippen LogP contribution in [-0.4, -0.2) is 47.4 Å². The average molecular weight is 433 g/mol. The zero-order chi connectivity index (χ0) is 22.2. The number of halogens is 3. The maximum absolute atomic E-state index is 13.0. The highest BCUT2D eigenvalue weighted by molar-refractivity contribution is 6.31. The summed E-state index contributed by atoms with van der Waals surface area (Å²) in [6.45, 7) is 2.99. The van der Waals surface area contributed by atoms with Crippen LogP contribution in [-0.2, 0) is 22.3 Å². The molecule has 2 amide bonds. The van der Waals surface area contributed by atoms with Gasteiger partial charge in [-0.25, -0.2) is 4.79 Å². The number of amides is 2. The van der Waals surface area contributed by atoms with E-state index in [1.54, 1.807) is 12.1 Å². The van der Waals surface area contributed by atoms with Gasteiger partial charge in [-0.2, -0.15) is 13.2 Å². The maximum atomic E-state index is 13.0. The lowest BCUT2D eigenvalue weighted by atomic mass is 10.1. The maximum Gasteiger partial charge on any atom is 0.502 e.